The molecule has 214 valence electrons. The van der Waals surface area contributed by atoms with Crippen molar-refractivity contribution < 1.29 is 9.59 Å². The van der Waals surface area contributed by atoms with Crippen LogP contribution in [0.25, 0.3) is 11.1 Å². The molecule has 0 radical (unpaired) electrons. The second-order valence-electron chi connectivity index (χ2n) is 11.1. The first-order valence-electron chi connectivity index (χ1n) is 15.1. The summed E-state index contributed by atoms with van der Waals surface area (Å²) in [7, 11) is 0. The van der Waals surface area contributed by atoms with E-state index in [-0.39, 0.29) is 0 Å². The van der Waals surface area contributed by atoms with Crippen LogP contribution >= 0.6 is 0 Å². The fourth-order valence-corrected chi connectivity index (χ4v) is 6.28. The van der Waals surface area contributed by atoms with Crippen LogP contribution in [0.2, 0.25) is 0 Å². The zero-order chi connectivity index (χ0) is 28.9. The van der Waals surface area contributed by atoms with Crippen molar-refractivity contribution in [3.05, 3.63) is 115 Å². The standard InChI is InChI=1S/C36H38N4O2/c1-2-3-14-32-26-37-22-24-38(32)28-18-20-30(21-19-28)40(29-15-8-5-9-16-29)36(42)35(41)34-33(27-12-6-4-7-13-27)25-31-17-10-11-23-39(31)34/h2-9,12-13,15-16,18-21,25,32,37H,10-11,14,17,22-24,26H2,1H3. The maximum Gasteiger partial charge on any atom is 0.305 e. The van der Waals surface area contributed by atoms with Gasteiger partial charge in [-0.1, -0.05) is 60.7 Å². The number of nitrogens with one attached hydrogen (secondary N) is 1. The molecule has 1 amide bonds. The van der Waals surface area contributed by atoms with Crippen LogP contribution in [0.1, 0.15) is 42.4 Å². The number of allylic oxidation sites excluding steroid dienone is 1. The van der Waals surface area contributed by atoms with Crippen LogP contribution in [-0.4, -0.2) is 41.9 Å². The van der Waals surface area contributed by atoms with E-state index in [1.165, 1.54) is 0 Å². The molecule has 1 saturated heterocycles. The highest BCUT2D eigenvalue weighted by Gasteiger charge is 2.33. The maximum atomic E-state index is 14.3. The smallest absolute Gasteiger partial charge is 0.305 e. The Bertz CT molecular complexity index is 1560. The molecule has 3 aromatic carbocycles. The lowest BCUT2D eigenvalue weighted by Crippen LogP contribution is -2.51. The lowest BCUT2D eigenvalue weighted by atomic mass is 10.0. The minimum Gasteiger partial charge on any atom is -0.366 e. The Labute approximate surface area is 248 Å². The highest BCUT2D eigenvalue weighted by atomic mass is 16.2. The van der Waals surface area contributed by atoms with Gasteiger partial charge in [0.25, 0.3) is 5.78 Å². The Hall–Kier alpha value is -4.42. The number of aryl methyl sites for hydroxylation is 1. The Morgan fingerprint density at radius 2 is 1.62 bits per heavy atom. The van der Waals surface area contributed by atoms with Crippen molar-refractivity contribution >= 4 is 28.8 Å². The highest BCUT2D eigenvalue weighted by molar-refractivity contribution is 6.49. The summed E-state index contributed by atoms with van der Waals surface area (Å²) in [6, 6.07) is 30.0. The molecule has 3 heterocycles. The third-order valence-corrected chi connectivity index (χ3v) is 8.39. The molecule has 6 rings (SSSR count). The molecule has 1 fully saturated rings. The monoisotopic (exact) mass is 558 g/mol. The quantitative estimate of drug-likeness (QED) is 0.147. The van der Waals surface area contributed by atoms with Gasteiger partial charge in [0.15, 0.2) is 0 Å². The molecular weight excluding hydrogens is 520 g/mol. The van der Waals surface area contributed by atoms with Gasteiger partial charge in [0.05, 0.1) is 0 Å². The predicted molar refractivity (Wildman–Crippen MR) is 171 cm³/mol. The molecule has 42 heavy (non-hydrogen) atoms. The van der Waals surface area contributed by atoms with Gasteiger partial charge < -0.3 is 14.8 Å². The summed E-state index contributed by atoms with van der Waals surface area (Å²) in [5.41, 5.74) is 5.86. The molecule has 2 aliphatic rings. The van der Waals surface area contributed by atoms with Crippen molar-refractivity contribution in [2.24, 2.45) is 0 Å². The van der Waals surface area contributed by atoms with Crippen LogP contribution in [0.15, 0.2) is 103 Å². The summed E-state index contributed by atoms with van der Waals surface area (Å²) in [6.07, 6.45) is 8.28. The number of para-hydroxylation sites is 1. The number of fused-ring (bicyclic) bond motifs is 1. The van der Waals surface area contributed by atoms with Gasteiger partial charge in [-0.2, -0.15) is 0 Å². The number of piperazine rings is 1. The van der Waals surface area contributed by atoms with Crippen LogP contribution < -0.4 is 15.1 Å². The molecule has 0 aliphatic carbocycles. The molecular formula is C36H38N4O2. The third-order valence-electron chi connectivity index (χ3n) is 8.39. The second-order valence-corrected chi connectivity index (χ2v) is 11.1. The van der Waals surface area contributed by atoms with Gasteiger partial charge in [-0.15, -0.1) is 0 Å². The van der Waals surface area contributed by atoms with Gasteiger partial charge in [0.1, 0.15) is 5.69 Å². The summed E-state index contributed by atoms with van der Waals surface area (Å²) >= 11 is 0. The summed E-state index contributed by atoms with van der Waals surface area (Å²) in [4.78, 5) is 32.6. The van der Waals surface area contributed by atoms with Crippen LogP contribution in [0.4, 0.5) is 17.1 Å². The summed E-state index contributed by atoms with van der Waals surface area (Å²) in [5.74, 6) is -1.03. The SMILES string of the molecule is CC=CCC1CNCCN1c1ccc(N(C(=O)C(=O)c2c(-c3ccccc3)cc3n2CCCC3)c2ccccc2)cc1. The lowest BCUT2D eigenvalue weighted by molar-refractivity contribution is -0.114. The first kappa shape index (κ1) is 27.7. The minimum absolute atomic E-state index is 0.367. The van der Waals surface area contributed by atoms with Gasteiger partial charge in [0.2, 0.25) is 0 Å². The number of amides is 1. The van der Waals surface area contributed by atoms with E-state index in [4.69, 9.17) is 0 Å². The summed E-state index contributed by atoms with van der Waals surface area (Å²) in [5, 5.41) is 3.51. The molecule has 2 aliphatic heterocycles. The second kappa shape index (κ2) is 12.6. The number of hydrogen-bond acceptors (Lipinski definition) is 4. The van der Waals surface area contributed by atoms with E-state index in [1.807, 2.05) is 72.8 Å². The number of aromatic nitrogens is 1. The maximum absolute atomic E-state index is 14.3. The van der Waals surface area contributed by atoms with Crippen LogP contribution in [0.5, 0.6) is 0 Å². The van der Waals surface area contributed by atoms with Crippen LogP contribution in [-0.2, 0) is 17.8 Å². The van der Waals surface area contributed by atoms with Crippen molar-refractivity contribution in [1.82, 2.24) is 9.88 Å². The number of rotatable bonds is 8. The average Bonchev–Trinajstić information content (AvgIpc) is 3.45. The molecule has 4 aromatic rings. The van der Waals surface area contributed by atoms with Crippen molar-refractivity contribution in [2.75, 3.05) is 29.4 Å². The normalized spacial score (nSPS) is 16.8. The average molecular weight is 559 g/mol. The van der Waals surface area contributed by atoms with Gasteiger partial charge in [-0.25, -0.2) is 0 Å². The number of nitrogens with zero attached hydrogens (tertiary/aromatic N) is 3. The first-order valence-corrected chi connectivity index (χ1v) is 15.1. The number of hydrogen-bond donors (Lipinski definition) is 1. The molecule has 0 bridgehead atoms. The van der Waals surface area contributed by atoms with Crippen molar-refractivity contribution in [3.8, 4) is 11.1 Å². The van der Waals surface area contributed by atoms with E-state index in [1.54, 1.807) is 4.90 Å². The zero-order valence-corrected chi connectivity index (χ0v) is 24.2. The molecule has 6 nitrogen and oxygen atoms in total. The fourth-order valence-electron chi connectivity index (χ4n) is 6.28. The Balaban J connectivity index is 1.37. The number of carbonyl (C=O) groups is 2. The first-order chi connectivity index (χ1) is 20.7. The van der Waals surface area contributed by atoms with Crippen molar-refractivity contribution in [1.29, 1.82) is 0 Å². The number of Topliss-reactive ketones (excluding diaryl/α,β-unsaturated/α-hetero) is 1. The highest BCUT2D eigenvalue weighted by Crippen LogP contribution is 2.34. The molecule has 0 saturated carbocycles. The van der Waals surface area contributed by atoms with E-state index in [9.17, 15) is 9.59 Å². The molecule has 1 aromatic heterocycles. The van der Waals surface area contributed by atoms with Crippen LogP contribution in [0, 0.1) is 0 Å². The Kier molecular flexibility index (Phi) is 8.33. The summed E-state index contributed by atoms with van der Waals surface area (Å²) in [6.45, 7) is 5.58. The van der Waals surface area contributed by atoms with E-state index in [0.717, 1.165) is 74.4 Å². The van der Waals surface area contributed by atoms with E-state index in [2.05, 4.69) is 52.1 Å². The van der Waals surface area contributed by atoms with Crippen molar-refractivity contribution in [3.63, 3.8) is 0 Å². The summed E-state index contributed by atoms with van der Waals surface area (Å²) < 4.78 is 2.08. The predicted octanol–water partition coefficient (Wildman–Crippen LogP) is 6.78. The fraction of sp³-hybridized carbons (Fsp3) is 0.278. The molecule has 0 spiro atoms. The van der Waals surface area contributed by atoms with Gasteiger partial charge in [-0.05, 0) is 80.6 Å². The third kappa shape index (κ3) is 5.55. The Morgan fingerprint density at radius 3 is 2.36 bits per heavy atom. The van der Waals surface area contributed by atoms with E-state index in [0.29, 0.717) is 23.1 Å². The van der Waals surface area contributed by atoms with Gasteiger partial charge in [0, 0.05) is 60.5 Å². The van der Waals surface area contributed by atoms with E-state index < -0.39 is 11.7 Å². The largest absolute Gasteiger partial charge is 0.366 e. The minimum atomic E-state index is -0.550. The van der Waals surface area contributed by atoms with Gasteiger partial charge in [-0.3, -0.25) is 14.5 Å². The van der Waals surface area contributed by atoms with Crippen LogP contribution in [0.3, 0.4) is 0 Å². The number of anilines is 3. The Morgan fingerprint density at radius 1 is 0.905 bits per heavy atom. The molecule has 1 atom stereocenters. The molecule has 1 unspecified atom stereocenters. The zero-order valence-electron chi connectivity index (χ0n) is 24.2. The number of ketones is 1. The number of benzene rings is 3. The van der Waals surface area contributed by atoms with Crippen molar-refractivity contribution in [2.45, 2.75) is 45.2 Å². The van der Waals surface area contributed by atoms with E-state index >= 15 is 0 Å². The lowest BCUT2D eigenvalue weighted by Gasteiger charge is -2.38. The topological polar surface area (TPSA) is 57.6 Å². The molecule has 1 N–H and O–H groups in total. The molecule has 6 heteroatoms. The van der Waals surface area contributed by atoms with Gasteiger partial charge >= 0.3 is 5.91 Å². The number of carbonyl (C=O) groups excluding carboxylic acids is 2.